The number of benzene rings is 1. The Balaban J connectivity index is 1.34. The molecule has 168 valence electrons. The lowest BCUT2D eigenvalue weighted by atomic mass is 9.93. The van der Waals surface area contributed by atoms with Gasteiger partial charge in [0.2, 0.25) is 5.76 Å². The summed E-state index contributed by atoms with van der Waals surface area (Å²) in [6.45, 7) is 3.67. The maximum atomic E-state index is 12.7. The molecule has 0 spiro atoms. The van der Waals surface area contributed by atoms with Crippen molar-refractivity contribution >= 4 is 5.91 Å². The van der Waals surface area contributed by atoms with E-state index < -0.39 is 6.10 Å². The van der Waals surface area contributed by atoms with Gasteiger partial charge in [-0.2, -0.15) is 0 Å². The molecule has 1 amide bonds. The van der Waals surface area contributed by atoms with Gasteiger partial charge in [-0.05, 0) is 44.8 Å². The minimum Gasteiger partial charge on any atom is -0.493 e. The van der Waals surface area contributed by atoms with Gasteiger partial charge in [-0.15, -0.1) is 0 Å². The molecule has 2 aromatic rings. The number of aliphatic hydroxyl groups is 1. The van der Waals surface area contributed by atoms with Crippen molar-refractivity contribution in [3.63, 3.8) is 0 Å². The van der Waals surface area contributed by atoms with E-state index in [4.69, 9.17) is 14.0 Å². The molecule has 1 N–H and O–H groups in total. The number of carbonyl (C=O) groups is 1. The van der Waals surface area contributed by atoms with Crippen LogP contribution in [-0.2, 0) is 6.54 Å². The third-order valence-corrected chi connectivity index (χ3v) is 6.31. The Bertz CT molecular complexity index is 891. The van der Waals surface area contributed by atoms with Crippen LogP contribution < -0.4 is 9.47 Å². The van der Waals surface area contributed by atoms with Gasteiger partial charge in [0.1, 0.15) is 0 Å². The standard InChI is InChI=1S/C23H31N3O5/c1-29-20-7-3-5-17(22(20)30-2)14-25-11-8-16(9-12-25)19-13-21(31-24-19)23(28)26-10-4-6-18(27)15-26/h3,5,7,13,16,18,27H,4,6,8-12,14-15H2,1-2H3. The zero-order chi connectivity index (χ0) is 21.8. The molecule has 3 heterocycles. The topological polar surface area (TPSA) is 88.3 Å². The number of likely N-dealkylation sites (tertiary alicyclic amines) is 2. The van der Waals surface area contributed by atoms with Crippen molar-refractivity contribution in [3.8, 4) is 11.5 Å². The van der Waals surface area contributed by atoms with Crippen LogP contribution in [0.1, 0.15) is 53.4 Å². The summed E-state index contributed by atoms with van der Waals surface area (Å²) in [6.07, 6.45) is 3.01. The lowest BCUT2D eigenvalue weighted by Crippen LogP contribution is -2.42. The van der Waals surface area contributed by atoms with Crippen LogP contribution in [0.4, 0.5) is 0 Å². The molecule has 31 heavy (non-hydrogen) atoms. The summed E-state index contributed by atoms with van der Waals surface area (Å²) in [4.78, 5) is 16.7. The van der Waals surface area contributed by atoms with Crippen molar-refractivity contribution in [1.82, 2.24) is 15.0 Å². The van der Waals surface area contributed by atoms with Crippen molar-refractivity contribution in [2.24, 2.45) is 0 Å². The highest BCUT2D eigenvalue weighted by Gasteiger charge is 2.29. The number of ether oxygens (including phenoxy) is 2. The molecule has 1 aromatic carbocycles. The molecule has 0 saturated carbocycles. The van der Waals surface area contributed by atoms with Crippen LogP contribution in [0.5, 0.6) is 11.5 Å². The van der Waals surface area contributed by atoms with Gasteiger partial charge in [0.05, 0.1) is 26.0 Å². The Labute approximate surface area is 182 Å². The van der Waals surface area contributed by atoms with Crippen molar-refractivity contribution < 1.29 is 23.9 Å². The number of carbonyl (C=O) groups excluding carboxylic acids is 1. The number of hydrogen-bond donors (Lipinski definition) is 1. The minimum atomic E-state index is -0.451. The maximum absolute atomic E-state index is 12.7. The molecule has 1 unspecified atom stereocenters. The second-order valence-corrected chi connectivity index (χ2v) is 8.37. The lowest BCUT2D eigenvalue weighted by molar-refractivity contribution is 0.0441. The molecular weight excluding hydrogens is 398 g/mol. The van der Waals surface area contributed by atoms with E-state index in [0.29, 0.717) is 13.1 Å². The lowest BCUT2D eigenvalue weighted by Gasteiger charge is -2.31. The Hall–Kier alpha value is -2.58. The predicted octanol–water partition coefficient (Wildman–Crippen LogP) is 2.67. The summed E-state index contributed by atoms with van der Waals surface area (Å²) in [6, 6.07) is 7.75. The number of aliphatic hydroxyl groups excluding tert-OH is 1. The molecule has 2 fully saturated rings. The van der Waals surface area contributed by atoms with Crippen LogP contribution in [0.2, 0.25) is 0 Å². The molecule has 2 aliphatic rings. The summed E-state index contributed by atoms with van der Waals surface area (Å²) < 4.78 is 16.3. The fourth-order valence-corrected chi connectivity index (χ4v) is 4.58. The van der Waals surface area contributed by atoms with Gasteiger partial charge in [-0.25, -0.2) is 0 Å². The molecular formula is C23H31N3O5. The Kier molecular flexibility index (Phi) is 6.77. The number of nitrogens with zero attached hydrogens (tertiary/aromatic N) is 3. The summed E-state index contributed by atoms with van der Waals surface area (Å²) >= 11 is 0. The molecule has 0 radical (unpaired) electrons. The number of hydrogen-bond acceptors (Lipinski definition) is 7. The van der Waals surface area contributed by atoms with Crippen LogP contribution in [0.15, 0.2) is 28.8 Å². The second-order valence-electron chi connectivity index (χ2n) is 8.37. The van der Waals surface area contributed by atoms with E-state index in [0.717, 1.165) is 68.1 Å². The number of amides is 1. The number of para-hydroxylation sites is 1. The zero-order valence-corrected chi connectivity index (χ0v) is 18.2. The summed E-state index contributed by atoms with van der Waals surface area (Å²) in [5, 5.41) is 14.0. The zero-order valence-electron chi connectivity index (χ0n) is 18.2. The average Bonchev–Trinajstić information content (AvgIpc) is 3.29. The highest BCUT2D eigenvalue weighted by molar-refractivity contribution is 5.91. The minimum absolute atomic E-state index is 0.181. The SMILES string of the molecule is COc1cccc(CN2CCC(c3cc(C(=O)N4CCCC(O)C4)on3)CC2)c1OC. The van der Waals surface area contributed by atoms with Crippen molar-refractivity contribution in [2.75, 3.05) is 40.4 Å². The smallest absolute Gasteiger partial charge is 0.292 e. The number of piperidine rings is 2. The first-order valence-corrected chi connectivity index (χ1v) is 10.9. The first kappa shape index (κ1) is 21.6. The van der Waals surface area contributed by atoms with Gasteiger partial charge in [0.15, 0.2) is 11.5 Å². The first-order valence-electron chi connectivity index (χ1n) is 10.9. The Morgan fingerprint density at radius 2 is 2.00 bits per heavy atom. The van der Waals surface area contributed by atoms with Crippen LogP contribution in [0.3, 0.4) is 0 Å². The normalized spacial score (nSPS) is 20.6. The van der Waals surface area contributed by atoms with Crippen LogP contribution in [0, 0.1) is 0 Å². The van der Waals surface area contributed by atoms with Crippen molar-refractivity contribution in [3.05, 3.63) is 41.3 Å². The van der Waals surface area contributed by atoms with Gasteiger partial charge in [-0.1, -0.05) is 17.3 Å². The molecule has 1 aromatic heterocycles. The molecule has 0 bridgehead atoms. The molecule has 4 rings (SSSR count). The third kappa shape index (κ3) is 4.85. The van der Waals surface area contributed by atoms with Gasteiger partial charge in [0, 0.05) is 37.2 Å². The van der Waals surface area contributed by atoms with Crippen molar-refractivity contribution in [2.45, 2.75) is 44.2 Å². The van der Waals surface area contributed by atoms with E-state index >= 15 is 0 Å². The molecule has 1 atom stereocenters. The number of rotatable bonds is 6. The fourth-order valence-electron chi connectivity index (χ4n) is 4.58. The molecule has 2 aliphatic heterocycles. The molecule has 0 aliphatic carbocycles. The van der Waals surface area contributed by atoms with Gasteiger partial charge >= 0.3 is 0 Å². The van der Waals surface area contributed by atoms with Crippen LogP contribution in [-0.4, -0.2) is 72.5 Å². The van der Waals surface area contributed by atoms with E-state index in [1.54, 1.807) is 25.2 Å². The van der Waals surface area contributed by atoms with Crippen LogP contribution >= 0.6 is 0 Å². The Morgan fingerprint density at radius 1 is 1.19 bits per heavy atom. The highest BCUT2D eigenvalue weighted by atomic mass is 16.5. The maximum Gasteiger partial charge on any atom is 0.292 e. The van der Waals surface area contributed by atoms with E-state index in [1.165, 1.54) is 0 Å². The van der Waals surface area contributed by atoms with Gasteiger partial charge in [0.25, 0.3) is 5.91 Å². The monoisotopic (exact) mass is 429 g/mol. The number of methoxy groups -OCH3 is 2. The van der Waals surface area contributed by atoms with Gasteiger partial charge in [-0.3, -0.25) is 9.69 Å². The summed E-state index contributed by atoms with van der Waals surface area (Å²) in [7, 11) is 3.32. The predicted molar refractivity (Wildman–Crippen MR) is 114 cm³/mol. The van der Waals surface area contributed by atoms with E-state index in [9.17, 15) is 9.90 Å². The number of β-amino-alcohol motifs (C(OH)–C–C–N with tert-alkyl or cyclic N) is 1. The number of aromatic nitrogens is 1. The largest absolute Gasteiger partial charge is 0.493 e. The third-order valence-electron chi connectivity index (χ3n) is 6.31. The molecule has 8 nitrogen and oxygen atoms in total. The quantitative estimate of drug-likeness (QED) is 0.755. The van der Waals surface area contributed by atoms with E-state index in [2.05, 4.69) is 16.1 Å². The van der Waals surface area contributed by atoms with Crippen LogP contribution in [0.25, 0.3) is 0 Å². The van der Waals surface area contributed by atoms with E-state index in [-0.39, 0.29) is 17.6 Å². The Morgan fingerprint density at radius 3 is 2.71 bits per heavy atom. The average molecular weight is 430 g/mol. The molecule has 2 saturated heterocycles. The fraction of sp³-hybridized carbons (Fsp3) is 0.565. The second kappa shape index (κ2) is 9.70. The summed E-state index contributed by atoms with van der Waals surface area (Å²) in [5.74, 6) is 1.90. The van der Waals surface area contributed by atoms with Crippen molar-refractivity contribution in [1.29, 1.82) is 0 Å². The van der Waals surface area contributed by atoms with Gasteiger partial charge < -0.3 is 24.0 Å². The first-order chi connectivity index (χ1) is 15.1. The summed E-state index contributed by atoms with van der Waals surface area (Å²) in [5.41, 5.74) is 1.96. The van der Waals surface area contributed by atoms with E-state index in [1.807, 2.05) is 12.1 Å². The highest BCUT2D eigenvalue weighted by Crippen LogP contribution is 2.34. The molecule has 8 heteroatoms.